The molecule has 5 nitrogen and oxygen atoms in total. The molecule has 1 saturated heterocycles. The molecule has 1 aromatic carbocycles. The first-order valence-corrected chi connectivity index (χ1v) is 8.27. The second-order valence-electron chi connectivity index (χ2n) is 5.44. The van der Waals surface area contributed by atoms with Gasteiger partial charge in [-0.15, -0.1) is 11.3 Å². The Kier molecular flexibility index (Phi) is 3.66. The van der Waals surface area contributed by atoms with E-state index in [9.17, 15) is 4.39 Å². The molecule has 4 rings (SSSR count). The van der Waals surface area contributed by atoms with Crippen molar-refractivity contribution in [3.8, 4) is 0 Å². The highest BCUT2D eigenvalue weighted by Crippen LogP contribution is 2.34. The normalized spacial score (nSPS) is 18.5. The summed E-state index contributed by atoms with van der Waals surface area (Å²) in [4.78, 5) is 15.2. The molecule has 1 atom stereocenters. The van der Waals surface area contributed by atoms with Crippen molar-refractivity contribution in [2.45, 2.75) is 13.0 Å². The second kappa shape index (κ2) is 5.82. The zero-order chi connectivity index (χ0) is 15.8. The summed E-state index contributed by atoms with van der Waals surface area (Å²) in [5.41, 5.74) is 1.59. The van der Waals surface area contributed by atoms with Crippen LogP contribution in [-0.4, -0.2) is 34.7 Å². The minimum atomic E-state index is -0.307. The summed E-state index contributed by atoms with van der Waals surface area (Å²) in [5.74, 6) is 0.299. The van der Waals surface area contributed by atoms with Gasteiger partial charge >= 0.3 is 0 Å². The van der Waals surface area contributed by atoms with Gasteiger partial charge in [0.05, 0.1) is 24.1 Å². The summed E-state index contributed by atoms with van der Waals surface area (Å²) in [6.07, 6.45) is 1.48. The largest absolute Gasteiger partial charge is 0.377 e. The van der Waals surface area contributed by atoms with Crippen LogP contribution in [0.5, 0.6) is 0 Å². The highest BCUT2D eigenvalue weighted by molar-refractivity contribution is 7.09. The van der Waals surface area contributed by atoms with Crippen LogP contribution >= 0.6 is 11.3 Å². The molecule has 1 aliphatic heterocycles. The van der Waals surface area contributed by atoms with E-state index in [1.165, 1.54) is 12.4 Å². The summed E-state index contributed by atoms with van der Waals surface area (Å²) in [7, 11) is 0. The van der Waals surface area contributed by atoms with E-state index >= 15 is 0 Å². The minimum absolute atomic E-state index is 0.0554. The van der Waals surface area contributed by atoms with Gasteiger partial charge in [-0.2, -0.15) is 0 Å². The molecule has 3 aromatic rings. The van der Waals surface area contributed by atoms with Crippen molar-refractivity contribution < 1.29 is 9.13 Å². The van der Waals surface area contributed by atoms with E-state index < -0.39 is 0 Å². The summed E-state index contributed by atoms with van der Waals surface area (Å²) in [6, 6.07) is 4.85. The van der Waals surface area contributed by atoms with E-state index in [2.05, 4.69) is 19.9 Å². The lowest BCUT2D eigenvalue weighted by atomic mass is 10.1. The van der Waals surface area contributed by atoms with Gasteiger partial charge in [-0.25, -0.2) is 19.3 Å². The Morgan fingerprint density at radius 3 is 3.09 bits per heavy atom. The number of aryl methyl sites for hydroxylation is 1. The van der Waals surface area contributed by atoms with Crippen LogP contribution in [0, 0.1) is 12.7 Å². The van der Waals surface area contributed by atoms with Crippen molar-refractivity contribution in [3.63, 3.8) is 0 Å². The van der Waals surface area contributed by atoms with Crippen molar-refractivity contribution in [1.29, 1.82) is 0 Å². The lowest BCUT2D eigenvalue weighted by molar-refractivity contribution is 0.0937. The number of benzene rings is 1. The van der Waals surface area contributed by atoms with E-state index in [0.717, 1.165) is 10.7 Å². The van der Waals surface area contributed by atoms with Crippen LogP contribution < -0.4 is 4.90 Å². The van der Waals surface area contributed by atoms with E-state index in [4.69, 9.17) is 4.74 Å². The predicted octanol–water partition coefficient (Wildman–Crippen LogP) is 3.11. The molecule has 0 bridgehead atoms. The lowest BCUT2D eigenvalue weighted by Gasteiger charge is -2.35. The SMILES string of the molecule is Cc1csc([C@@H]2COCCN2c2ncnc3cccc(F)c23)n1. The molecule has 0 unspecified atom stereocenters. The van der Waals surface area contributed by atoms with Crippen LogP contribution in [-0.2, 0) is 4.74 Å². The quantitative estimate of drug-likeness (QED) is 0.723. The van der Waals surface area contributed by atoms with Crippen molar-refractivity contribution in [3.05, 3.63) is 46.4 Å². The first-order valence-electron chi connectivity index (χ1n) is 7.39. The van der Waals surface area contributed by atoms with Crippen LogP contribution in [0.25, 0.3) is 10.9 Å². The van der Waals surface area contributed by atoms with Crippen LogP contribution in [0.4, 0.5) is 10.2 Å². The van der Waals surface area contributed by atoms with E-state index in [1.807, 2.05) is 12.3 Å². The average molecular weight is 330 g/mol. The van der Waals surface area contributed by atoms with Crippen molar-refractivity contribution in [1.82, 2.24) is 15.0 Å². The minimum Gasteiger partial charge on any atom is -0.377 e. The molecule has 118 valence electrons. The summed E-state index contributed by atoms with van der Waals surface area (Å²) in [5, 5.41) is 3.43. The van der Waals surface area contributed by atoms with Crippen LogP contribution in [0.2, 0.25) is 0 Å². The standard InChI is InChI=1S/C16H15FN4OS/c1-10-8-23-16(20-10)13-7-22-6-5-21(13)15-14-11(17)3-2-4-12(14)18-9-19-15/h2-4,8-9,13H,5-7H2,1H3/t13-/m0/s1. The highest BCUT2D eigenvalue weighted by Gasteiger charge is 2.30. The van der Waals surface area contributed by atoms with Gasteiger partial charge in [-0.3, -0.25) is 0 Å². The molecule has 7 heteroatoms. The zero-order valence-corrected chi connectivity index (χ0v) is 13.4. The molecule has 3 heterocycles. The smallest absolute Gasteiger partial charge is 0.143 e. The lowest BCUT2D eigenvalue weighted by Crippen LogP contribution is -2.40. The van der Waals surface area contributed by atoms with E-state index in [0.29, 0.717) is 36.5 Å². The average Bonchev–Trinajstić information content (AvgIpc) is 3.01. The van der Waals surface area contributed by atoms with Gasteiger partial charge in [-0.05, 0) is 19.1 Å². The number of anilines is 1. The Bertz CT molecular complexity index is 848. The third-order valence-corrected chi connectivity index (χ3v) is 4.98. The molecule has 0 N–H and O–H groups in total. The van der Waals surface area contributed by atoms with Crippen LogP contribution in [0.3, 0.4) is 0 Å². The van der Waals surface area contributed by atoms with Crippen molar-refractivity contribution in [2.24, 2.45) is 0 Å². The van der Waals surface area contributed by atoms with Gasteiger partial charge in [0.15, 0.2) is 0 Å². The molecule has 0 saturated carbocycles. The molecule has 0 radical (unpaired) electrons. The number of fused-ring (bicyclic) bond motifs is 1. The molecule has 23 heavy (non-hydrogen) atoms. The third kappa shape index (κ3) is 2.55. The maximum Gasteiger partial charge on any atom is 0.143 e. The van der Waals surface area contributed by atoms with Crippen LogP contribution in [0.15, 0.2) is 29.9 Å². The fourth-order valence-corrected chi connectivity index (χ4v) is 3.75. The second-order valence-corrected chi connectivity index (χ2v) is 6.33. The maximum absolute atomic E-state index is 14.4. The molecule has 0 aliphatic carbocycles. The summed E-state index contributed by atoms with van der Waals surface area (Å²) >= 11 is 1.59. The maximum atomic E-state index is 14.4. The summed E-state index contributed by atoms with van der Waals surface area (Å²) < 4.78 is 20.0. The molecule has 0 spiro atoms. The number of morpholine rings is 1. The molecular weight excluding hydrogens is 315 g/mol. The summed E-state index contributed by atoms with van der Waals surface area (Å²) in [6.45, 7) is 3.71. The molecular formula is C16H15FN4OS. The van der Waals surface area contributed by atoms with E-state index in [1.54, 1.807) is 23.5 Å². The zero-order valence-electron chi connectivity index (χ0n) is 12.6. The first-order chi connectivity index (χ1) is 11.2. The number of hydrogen-bond acceptors (Lipinski definition) is 6. The van der Waals surface area contributed by atoms with Crippen molar-refractivity contribution in [2.75, 3.05) is 24.7 Å². The van der Waals surface area contributed by atoms with E-state index in [-0.39, 0.29) is 11.9 Å². The molecule has 0 amide bonds. The Labute approximate surface area is 136 Å². The number of ether oxygens (including phenoxy) is 1. The Hall–Kier alpha value is -2.12. The van der Waals surface area contributed by atoms with Gasteiger partial charge in [0, 0.05) is 17.6 Å². The number of aromatic nitrogens is 3. The fraction of sp³-hybridized carbons (Fsp3) is 0.312. The Morgan fingerprint density at radius 1 is 1.35 bits per heavy atom. The van der Waals surface area contributed by atoms with Gasteiger partial charge in [-0.1, -0.05) is 6.07 Å². The molecule has 1 fully saturated rings. The van der Waals surface area contributed by atoms with Crippen LogP contribution in [0.1, 0.15) is 16.7 Å². The Balaban J connectivity index is 1.84. The fourth-order valence-electron chi connectivity index (χ4n) is 2.86. The first kappa shape index (κ1) is 14.5. The Morgan fingerprint density at radius 2 is 2.26 bits per heavy atom. The number of rotatable bonds is 2. The number of hydrogen-bond donors (Lipinski definition) is 0. The number of thiazole rings is 1. The topological polar surface area (TPSA) is 51.1 Å². The highest BCUT2D eigenvalue weighted by atomic mass is 32.1. The molecule has 1 aliphatic rings. The number of halogens is 1. The van der Waals surface area contributed by atoms with Crippen molar-refractivity contribution >= 4 is 28.1 Å². The van der Waals surface area contributed by atoms with Gasteiger partial charge in [0.1, 0.15) is 29.0 Å². The number of nitrogens with zero attached hydrogens (tertiary/aromatic N) is 4. The van der Waals surface area contributed by atoms with Gasteiger partial charge < -0.3 is 9.64 Å². The van der Waals surface area contributed by atoms with Gasteiger partial charge in [0.25, 0.3) is 0 Å². The van der Waals surface area contributed by atoms with Gasteiger partial charge in [0.2, 0.25) is 0 Å². The predicted molar refractivity (Wildman–Crippen MR) is 87.3 cm³/mol. The molecule has 2 aromatic heterocycles. The third-order valence-electron chi connectivity index (χ3n) is 3.91. The monoisotopic (exact) mass is 330 g/mol.